The molecule has 0 aromatic heterocycles. The summed E-state index contributed by atoms with van der Waals surface area (Å²) in [5, 5.41) is 0. The average molecular weight is 362 g/mol. The zero-order chi connectivity index (χ0) is 19.3. The van der Waals surface area contributed by atoms with Crippen molar-refractivity contribution in [1.82, 2.24) is 0 Å². The number of ether oxygens (including phenoxy) is 3. The molecule has 0 saturated carbocycles. The molecule has 4 atom stereocenters. The first-order valence-corrected chi connectivity index (χ1v) is 8.91. The Labute approximate surface area is 153 Å². The molecule has 1 saturated heterocycles. The van der Waals surface area contributed by atoms with Gasteiger partial charge in [-0.1, -0.05) is 44.2 Å². The first-order chi connectivity index (χ1) is 12.3. The predicted molar refractivity (Wildman–Crippen MR) is 94.0 cm³/mol. The van der Waals surface area contributed by atoms with Gasteiger partial charge in [0.2, 0.25) is 0 Å². The van der Waals surface area contributed by atoms with Crippen molar-refractivity contribution < 1.29 is 28.6 Å². The maximum Gasteiger partial charge on any atom is 0.313 e. The zero-order valence-corrected chi connectivity index (χ0v) is 15.6. The van der Waals surface area contributed by atoms with Crippen molar-refractivity contribution >= 4 is 17.9 Å². The summed E-state index contributed by atoms with van der Waals surface area (Å²) < 4.78 is 16.3. The van der Waals surface area contributed by atoms with Gasteiger partial charge in [-0.15, -0.1) is 0 Å². The van der Waals surface area contributed by atoms with Crippen molar-refractivity contribution in [2.24, 2.45) is 17.8 Å². The standard InChI is InChI=1S/C20H26O6/c1-12(2)18(21)26-17-14(4)25-19(22)13(3)11-24-20(23)16(17)10-15-8-6-5-7-9-15/h5-9,12-14,16-17H,10-11H2,1-4H3/t13-,14-,16+,17-/m0/s1. The summed E-state index contributed by atoms with van der Waals surface area (Å²) in [5.41, 5.74) is 0.908. The Morgan fingerprint density at radius 3 is 2.42 bits per heavy atom. The summed E-state index contributed by atoms with van der Waals surface area (Å²) in [6.07, 6.45) is -1.34. The maximum absolute atomic E-state index is 12.7. The van der Waals surface area contributed by atoms with E-state index in [1.807, 2.05) is 30.3 Å². The Hall–Kier alpha value is -2.37. The van der Waals surface area contributed by atoms with Gasteiger partial charge in [0, 0.05) is 0 Å². The van der Waals surface area contributed by atoms with E-state index in [-0.39, 0.29) is 12.5 Å². The Balaban J connectivity index is 2.34. The topological polar surface area (TPSA) is 78.9 Å². The van der Waals surface area contributed by atoms with Crippen LogP contribution in [0.15, 0.2) is 30.3 Å². The number of carbonyl (C=O) groups is 3. The van der Waals surface area contributed by atoms with E-state index < -0.39 is 42.0 Å². The van der Waals surface area contributed by atoms with E-state index >= 15 is 0 Å². The van der Waals surface area contributed by atoms with Gasteiger partial charge >= 0.3 is 17.9 Å². The molecule has 1 aliphatic rings. The fourth-order valence-corrected chi connectivity index (χ4v) is 2.73. The van der Waals surface area contributed by atoms with Gasteiger partial charge in [-0.05, 0) is 25.8 Å². The molecular weight excluding hydrogens is 336 g/mol. The molecule has 0 amide bonds. The lowest BCUT2D eigenvalue weighted by atomic mass is 9.91. The van der Waals surface area contributed by atoms with Gasteiger partial charge in [0.15, 0.2) is 6.10 Å². The second-order valence-electron chi connectivity index (χ2n) is 7.03. The van der Waals surface area contributed by atoms with Crippen molar-refractivity contribution in [1.29, 1.82) is 0 Å². The zero-order valence-electron chi connectivity index (χ0n) is 15.6. The van der Waals surface area contributed by atoms with Crippen molar-refractivity contribution in [3.63, 3.8) is 0 Å². The predicted octanol–water partition coefficient (Wildman–Crippen LogP) is 2.54. The summed E-state index contributed by atoms with van der Waals surface area (Å²) in [6, 6.07) is 9.40. The van der Waals surface area contributed by atoms with Crippen molar-refractivity contribution in [2.45, 2.75) is 46.3 Å². The molecule has 2 rings (SSSR count). The van der Waals surface area contributed by atoms with Crippen LogP contribution >= 0.6 is 0 Å². The molecule has 0 unspecified atom stereocenters. The third kappa shape index (κ3) is 5.07. The molecule has 1 aromatic carbocycles. The molecule has 0 spiro atoms. The number of carbonyl (C=O) groups excluding carboxylic acids is 3. The quantitative estimate of drug-likeness (QED) is 0.605. The summed E-state index contributed by atoms with van der Waals surface area (Å²) in [5.74, 6) is -3.11. The number of hydrogen-bond donors (Lipinski definition) is 0. The first kappa shape index (κ1) is 19.9. The van der Waals surface area contributed by atoms with Crippen LogP contribution in [0, 0.1) is 17.8 Å². The number of hydrogen-bond acceptors (Lipinski definition) is 6. The Bertz CT molecular complexity index is 639. The maximum atomic E-state index is 12.7. The molecular formula is C20H26O6. The molecule has 142 valence electrons. The monoisotopic (exact) mass is 362 g/mol. The van der Waals surface area contributed by atoms with Crippen molar-refractivity contribution in [3.05, 3.63) is 35.9 Å². The summed E-state index contributed by atoms with van der Waals surface area (Å²) in [4.78, 5) is 37.0. The molecule has 6 nitrogen and oxygen atoms in total. The average Bonchev–Trinajstić information content (AvgIpc) is 2.64. The highest BCUT2D eigenvalue weighted by atomic mass is 16.6. The van der Waals surface area contributed by atoms with E-state index in [1.54, 1.807) is 27.7 Å². The highest BCUT2D eigenvalue weighted by Crippen LogP contribution is 2.25. The SMILES string of the molecule is CC(C)C(=O)O[C@H]1[C@H](C)OC(=O)[C@@H](C)COC(=O)[C@@H]1Cc1ccccc1. The van der Waals surface area contributed by atoms with E-state index in [2.05, 4.69) is 0 Å². The summed E-state index contributed by atoms with van der Waals surface area (Å²) in [7, 11) is 0. The van der Waals surface area contributed by atoms with Gasteiger partial charge in [0.25, 0.3) is 0 Å². The van der Waals surface area contributed by atoms with Crippen LogP contribution in [-0.4, -0.2) is 36.7 Å². The molecule has 1 aliphatic heterocycles. The molecule has 0 radical (unpaired) electrons. The Morgan fingerprint density at radius 2 is 1.81 bits per heavy atom. The smallest absolute Gasteiger partial charge is 0.313 e. The lowest BCUT2D eigenvalue weighted by molar-refractivity contribution is -0.176. The van der Waals surface area contributed by atoms with Crippen molar-refractivity contribution in [3.8, 4) is 0 Å². The van der Waals surface area contributed by atoms with Gasteiger partial charge in [-0.25, -0.2) is 0 Å². The molecule has 1 heterocycles. The van der Waals surface area contributed by atoms with E-state index in [9.17, 15) is 14.4 Å². The highest BCUT2D eigenvalue weighted by Gasteiger charge is 2.41. The molecule has 0 N–H and O–H groups in total. The van der Waals surface area contributed by atoms with Gasteiger partial charge in [-0.3, -0.25) is 14.4 Å². The van der Waals surface area contributed by atoms with E-state index in [0.717, 1.165) is 5.56 Å². The second-order valence-corrected chi connectivity index (χ2v) is 7.03. The van der Waals surface area contributed by atoms with Crippen LogP contribution in [-0.2, 0) is 35.0 Å². The normalized spacial score (nSPS) is 27.0. The molecule has 1 aromatic rings. The Morgan fingerprint density at radius 1 is 1.15 bits per heavy atom. The van der Waals surface area contributed by atoms with Crippen LogP contribution in [0.2, 0.25) is 0 Å². The molecule has 0 aliphatic carbocycles. The largest absolute Gasteiger partial charge is 0.464 e. The minimum Gasteiger partial charge on any atom is -0.464 e. The Kier molecular flexibility index (Phi) is 6.77. The van der Waals surface area contributed by atoms with Crippen molar-refractivity contribution in [2.75, 3.05) is 6.61 Å². The highest BCUT2D eigenvalue weighted by molar-refractivity contribution is 5.78. The van der Waals surface area contributed by atoms with E-state index in [1.165, 1.54) is 0 Å². The summed E-state index contributed by atoms with van der Waals surface area (Å²) in [6.45, 7) is 6.64. The number of esters is 3. The summed E-state index contributed by atoms with van der Waals surface area (Å²) >= 11 is 0. The van der Waals surface area contributed by atoms with Crippen LogP contribution in [0.5, 0.6) is 0 Å². The number of cyclic esters (lactones) is 2. The van der Waals surface area contributed by atoms with Crippen LogP contribution in [0.1, 0.15) is 33.3 Å². The first-order valence-electron chi connectivity index (χ1n) is 8.91. The number of benzene rings is 1. The minimum atomic E-state index is -0.910. The van der Waals surface area contributed by atoms with Gasteiger partial charge in [-0.2, -0.15) is 0 Å². The van der Waals surface area contributed by atoms with Crippen LogP contribution in [0.3, 0.4) is 0 Å². The van der Waals surface area contributed by atoms with Gasteiger partial charge in [0.05, 0.1) is 11.8 Å². The molecule has 1 fully saturated rings. The van der Waals surface area contributed by atoms with E-state index in [0.29, 0.717) is 6.42 Å². The molecule has 6 heteroatoms. The fourth-order valence-electron chi connectivity index (χ4n) is 2.73. The molecule has 0 bridgehead atoms. The second kappa shape index (κ2) is 8.83. The van der Waals surface area contributed by atoms with Gasteiger partial charge < -0.3 is 14.2 Å². The lowest BCUT2D eigenvalue weighted by Gasteiger charge is -2.29. The molecule has 26 heavy (non-hydrogen) atoms. The van der Waals surface area contributed by atoms with E-state index in [4.69, 9.17) is 14.2 Å². The van der Waals surface area contributed by atoms with Crippen LogP contribution in [0.4, 0.5) is 0 Å². The van der Waals surface area contributed by atoms with Gasteiger partial charge in [0.1, 0.15) is 18.6 Å². The third-order valence-corrected chi connectivity index (χ3v) is 4.36. The minimum absolute atomic E-state index is 0.0550. The number of rotatable bonds is 4. The third-order valence-electron chi connectivity index (χ3n) is 4.36. The fraction of sp³-hybridized carbons (Fsp3) is 0.550. The van der Waals surface area contributed by atoms with Crippen LogP contribution in [0.25, 0.3) is 0 Å². The lowest BCUT2D eigenvalue weighted by Crippen LogP contribution is -2.43. The van der Waals surface area contributed by atoms with Crippen LogP contribution < -0.4 is 0 Å².